The Balaban J connectivity index is 2.93. The van der Waals surface area contributed by atoms with Gasteiger partial charge in [-0.05, 0) is 6.07 Å². The maximum absolute atomic E-state index is 12.5. The maximum Gasteiger partial charge on any atom is 0.417 e. The first kappa shape index (κ1) is 14.5. The first-order chi connectivity index (χ1) is 8.11. The molecule has 0 radical (unpaired) electrons. The number of benzene rings is 1. The second-order valence-corrected chi connectivity index (χ2v) is 3.58. The molecule has 1 aromatic rings. The molecule has 0 aliphatic carbocycles. The van der Waals surface area contributed by atoms with Gasteiger partial charge in [-0.15, -0.1) is 0 Å². The van der Waals surface area contributed by atoms with Crippen molar-refractivity contribution in [3.05, 3.63) is 35.4 Å². The minimum Gasteiger partial charge on any atom is -0.294 e. The van der Waals surface area contributed by atoms with E-state index >= 15 is 0 Å². The molecule has 0 fully saturated rings. The molecule has 0 aliphatic heterocycles. The average molecular weight is 270 g/mol. The van der Waals surface area contributed by atoms with Crippen LogP contribution < -0.4 is 0 Å². The summed E-state index contributed by atoms with van der Waals surface area (Å²) in [6.07, 6.45) is -11.7. The lowest BCUT2D eigenvalue weighted by atomic mass is 10.00. The molecule has 0 amide bonds. The molecular formula is C11H8F6O. The molecule has 0 bridgehead atoms. The molecule has 0 unspecified atom stereocenters. The van der Waals surface area contributed by atoms with Crippen LogP contribution in [-0.2, 0) is 6.18 Å². The number of hydrogen-bond donors (Lipinski definition) is 0. The van der Waals surface area contributed by atoms with Gasteiger partial charge in [0, 0.05) is 12.0 Å². The number of carbonyl (C=O) groups excluding carboxylic acids is 1. The monoisotopic (exact) mass is 270 g/mol. The smallest absolute Gasteiger partial charge is 0.294 e. The van der Waals surface area contributed by atoms with Gasteiger partial charge in [0.05, 0.1) is 12.0 Å². The molecule has 18 heavy (non-hydrogen) atoms. The largest absolute Gasteiger partial charge is 0.417 e. The van der Waals surface area contributed by atoms with Crippen LogP contribution in [0.3, 0.4) is 0 Å². The van der Waals surface area contributed by atoms with E-state index in [0.717, 1.165) is 12.1 Å². The highest BCUT2D eigenvalue weighted by Crippen LogP contribution is 2.33. The molecule has 0 atom stereocenters. The predicted octanol–water partition coefficient (Wildman–Crippen LogP) is 4.23. The zero-order chi connectivity index (χ0) is 14.0. The van der Waals surface area contributed by atoms with Gasteiger partial charge < -0.3 is 0 Å². The Morgan fingerprint density at radius 2 is 1.56 bits per heavy atom. The van der Waals surface area contributed by atoms with Crippen molar-refractivity contribution < 1.29 is 31.1 Å². The average Bonchev–Trinajstić information content (AvgIpc) is 2.24. The van der Waals surface area contributed by atoms with Gasteiger partial charge in [0.15, 0.2) is 5.78 Å². The number of alkyl halides is 6. The van der Waals surface area contributed by atoms with Crippen LogP contribution in [0.5, 0.6) is 0 Å². The normalized spacial score (nSPS) is 12.6. The third-order valence-corrected chi connectivity index (χ3v) is 2.17. The highest BCUT2D eigenvalue weighted by molar-refractivity contribution is 5.97. The van der Waals surface area contributed by atoms with Crippen LogP contribution in [-0.4, -0.2) is 12.0 Å². The molecule has 0 heterocycles. The number of halogens is 6. The van der Waals surface area contributed by atoms with Crippen molar-refractivity contribution in [3.63, 3.8) is 0 Å². The summed E-state index contributed by atoms with van der Waals surface area (Å²) in [5.41, 5.74) is -1.94. The highest BCUT2D eigenvalue weighted by atomic mass is 19.4. The van der Waals surface area contributed by atoms with Crippen molar-refractivity contribution in [2.75, 3.05) is 0 Å². The first-order valence-electron chi connectivity index (χ1n) is 4.87. The van der Waals surface area contributed by atoms with Crippen molar-refractivity contribution in [1.29, 1.82) is 0 Å². The Kier molecular flexibility index (Phi) is 4.03. The highest BCUT2D eigenvalue weighted by Gasteiger charge is 2.35. The van der Waals surface area contributed by atoms with E-state index in [1.54, 1.807) is 0 Å². The third-order valence-electron chi connectivity index (χ3n) is 2.17. The van der Waals surface area contributed by atoms with E-state index in [-0.39, 0.29) is 0 Å². The Labute approximate surface area is 98.4 Å². The lowest BCUT2D eigenvalue weighted by Crippen LogP contribution is -2.15. The number of ketones is 1. The van der Waals surface area contributed by atoms with Gasteiger partial charge in [0.2, 0.25) is 0 Å². The number of Topliss-reactive ketones (excluding diaryl/α,β-unsaturated/α-hetero) is 1. The SMILES string of the molecule is O=C(CCC(F)(F)F)c1ccccc1C(F)(F)F. The van der Waals surface area contributed by atoms with Crippen LogP contribution >= 0.6 is 0 Å². The quantitative estimate of drug-likeness (QED) is 0.593. The standard InChI is InChI=1S/C11H8F6O/c12-10(13,14)6-5-9(18)7-3-1-2-4-8(7)11(15,16)17/h1-4H,5-6H2. The van der Waals surface area contributed by atoms with Crippen LogP contribution in [0.25, 0.3) is 0 Å². The van der Waals surface area contributed by atoms with Gasteiger partial charge >= 0.3 is 12.4 Å². The van der Waals surface area contributed by atoms with E-state index in [0.29, 0.717) is 6.07 Å². The van der Waals surface area contributed by atoms with E-state index in [1.165, 1.54) is 6.07 Å². The number of hydrogen-bond acceptors (Lipinski definition) is 1. The zero-order valence-electron chi connectivity index (χ0n) is 8.90. The van der Waals surface area contributed by atoms with E-state index in [9.17, 15) is 31.1 Å². The lowest BCUT2D eigenvalue weighted by molar-refractivity contribution is -0.138. The third kappa shape index (κ3) is 4.05. The van der Waals surface area contributed by atoms with Crippen LogP contribution in [0.4, 0.5) is 26.3 Å². The fourth-order valence-corrected chi connectivity index (χ4v) is 1.36. The van der Waals surface area contributed by atoms with Crippen LogP contribution in [0.1, 0.15) is 28.8 Å². The van der Waals surface area contributed by atoms with Crippen molar-refractivity contribution in [3.8, 4) is 0 Å². The lowest BCUT2D eigenvalue weighted by Gasteiger charge is -2.12. The molecule has 0 saturated carbocycles. The summed E-state index contributed by atoms with van der Waals surface area (Å²) in [4.78, 5) is 11.4. The molecule has 7 heteroatoms. The summed E-state index contributed by atoms with van der Waals surface area (Å²) in [6, 6.07) is 3.79. The maximum atomic E-state index is 12.5. The van der Waals surface area contributed by atoms with Crippen molar-refractivity contribution >= 4 is 5.78 Å². The van der Waals surface area contributed by atoms with Gasteiger partial charge in [0.25, 0.3) is 0 Å². The topological polar surface area (TPSA) is 17.1 Å². The van der Waals surface area contributed by atoms with E-state index in [2.05, 4.69) is 0 Å². The van der Waals surface area contributed by atoms with Gasteiger partial charge in [-0.1, -0.05) is 18.2 Å². The molecule has 1 aromatic carbocycles. The Hall–Kier alpha value is -1.53. The van der Waals surface area contributed by atoms with E-state index < -0.39 is 42.1 Å². The fourth-order valence-electron chi connectivity index (χ4n) is 1.36. The first-order valence-corrected chi connectivity index (χ1v) is 4.87. The summed E-state index contributed by atoms with van der Waals surface area (Å²) < 4.78 is 73.2. The molecule has 0 aromatic heterocycles. The summed E-state index contributed by atoms with van der Waals surface area (Å²) in [5, 5.41) is 0. The van der Waals surface area contributed by atoms with E-state index in [4.69, 9.17) is 0 Å². The van der Waals surface area contributed by atoms with Crippen LogP contribution in [0.15, 0.2) is 24.3 Å². The van der Waals surface area contributed by atoms with Crippen LogP contribution in [0, 0.1) is 0 Å². The Bertz CT molecular complexity index is 432. The Morgan fingerprint density at radius 1 is 1.00 bits per heavy atom. The summed E-state index contributed by atoms with van der Waals surface area (Å²) in [7, 11) is 0. The van der Waals surface area contributed by atoms with Gasteiger partial charge in [-0.3, -0.25) is 4.79 Å². The predicted molar refractivity (Wildman–Crippen MR) is 51.1 cm³/mol. The second-order valence-electron chi connectivity index (χ2n) is 3.58. The molecule has 1 rings (SSSR count). The minimum absolute atomic E-state index is 0.667. The molecule has 100 valence electrons. The van der Waals surface area contributed by atoms with Gasteiger partial charge in [0.1, 0.15) is 0 Å². The zero-order valence-corrected chi connectivity index (χ0v) is 8.90. The van der Waals surface area contributed by atoms with Crippen molar-refractivity contribution in [2.24, 2.45) is 0 Å². The molecule has 0 N–H and O–H groups in total. The minimum atomic E-state index is -4.76. The van der Waals surface area contributed by atoms with Gasteiger partial charge in [-0.25, -0.2) is 0 Å². The van der Waals surface area contributed by atoms with Crippen molar-refractivity contribution in [2.45, 2.75) is 25.2 Å². The number of rotatable bonds is 3. The summed E-state index contributed by atoms with van der Waals surface area (Å²) in [6.45, 7) is 0. The number of carbonyl (C=O) groups is 1. The van der Waals surface area contributed by atoms with Crippen molar-refractivity contribution in [1.82, 2.24) is 0 Å². The van der Waals surface area contributed by atoms with Crippen LogP contribution in [0.2, 0.25) is 0 Å². The second kappa shape index (κ2) is 4.99. The molecular weight excluding hydrogens is 262 g/mol. The Morgan fingerprint density at radius 3 is 2.06 bits per heavy atom. The molecule has 1 nitrogen and oxygen atoms in total. The summed E-state index contributed by atoms with van der Waals surface area (Å²) >= 11 is 0. The molecule has 0 aliphatic rings. The fraction of sp³-hybridized carbons (Fsp3) is 0.364. The summed E-state index contributed by atoms with van der Waals surface area (Å²) in [5.74, 6) is -1.17. The van der Waals surface area contributed by atoms with E-state index in [1.807, 2.05) is 0 Å². The molecule has 0 saturated heterocycles. The molecule has 0 spiro atoms. The van der Waals surface area contributed by atoms with Gasteiger partial charge in [-0.2, -0.15) is 26.3 Å².